The van der Waals surface area contributed by atoms with Gasteiger partial charge >= 0.3 is 0 Å². The van der Waals surface area contributed by atoms with Crippen molar-refractivity contribution in [2.24, 2.45) is 0 Å². The van der Waals surface area contributed by atoms with Gasteiger partial charge in [0, 0.05) is 10.9 Å². The molecule has 0 bridgehead atoms. The van der Waals surface area contributed by atoms with E-state index in [0.717, 1.165) is 5.56 Å². The van der Waals surface area contributed by atoms with Gasteiger partial charge in [-0.2, -0.15) is 16.3 Å². The van der Waals surface area contributed by atoms with E-state index in [-0.39, 0.29) is 5.28 Å². The zero-order valence-corrected chi connectivity index (χ0v) is 7.51. The molecule has 2 aromatic heterocycles. The molecule has 0 atom stereocenters. The molecule has 3 nitrogen and oxygen atoms in total. The lowest BCUT2D eigenvalue weighted by Gasteiger charge is -1.93. The molecule has 0 fully saturated rings. The third kappa shape index (κ3) is 1.44. The Morgan fingerprint density at radius 1 is 1.33 bits per heavy atom. The van der Waals surface area contributed by atoms with Gasteiger partial charge in [-0.15, -0.1) is 0 Å². The van der Waals surface area contributed by atoms with E-state index in [4.69, 9.17) is 11.6 Å². The molecule has 2 rings (SSSR count). The Hall–Kier alpha value is -1.00. The van der Waals surface area contributed by atoms with E-state index in [1.54, 1.807) is 11.3 Å². The second-order valence-corrected chi connectivity index (χ2v) is 3.21. The first-order valence-corrected chi connectivity index (χ1v) is 4.55. The van der Waals surface area contributed by atoms with Crippen LogP contribution in [0.25, 0.3) is 11.4 Å². The van der Waals surface area contributed by atoms with Crippen LogP contribution in [0.5, 0.6) is 0 Å². The monoisotopic (exact) mass is 197 g/mol. The Morgan fingerprint density at radius 3 is 2.92 bits per heavy atom. The molecule has 0 N–H and O–H groups in total. The molecule has 0 saturated heterocycles. The topological polar surface area (TPSA) is 38.7 Å². The first-order valence-electron chi connectivity index (χ1n) is 3.23. The zero-order valence-electron chi connectivity index (χ0n) is 5.94. The first-order chi connectivity index (χ1) is 5.86. The fourth-order valence-corrected chi connectivity index (χ4v) is 1.57. The van der Waals surface area contributed by atoms with Gasteiger partial charge in [-0.3, -0.25) is 0 Å². The Labute approximate surface area is 78.1 Å². The molecule has 0 saturated carbocycles. The van der Waals surface area contributed by atoms with Crippen LogP contribution < -0.4 is 0 Å². The number of hydrogen-bond acceptors (Lipinski definition) is 4. The summed E-state index contributed by atoms with van der Waals surface area (Å²) in [5.41, 5.74) is 0.976. The van der Waals surface area contributed by atoms with Gasteiger partial charge < -0.3 is 0 Å². The number of halogens is 1. The molecule has 0 radical (unpaired) electrons. The molecule has 0 spiro atoms. The largest absolute Gasteiger partial charge is 0.225 e. The molecule has 0 aliphatic heterocycles. The Morgan fingerprint density at radius 2 is 2.25 bits per heavy atom. The number of hydrogen-bond donors (Lipinski definition) is 0. The standard InChI is InChI=1S/C7H4ClN3S/c8-7-10-4-9-6(11-7)5-1-2-12-3-5/h1-4H. The van der Waals surface area contributed by atoms with Crippen LogP contribution in [0.2, 0.25) is 5.28 Å². The van der Waals surface area contributed by atoms with Crippen molar-refractivity contribution in [3.63, 3.8) is 0 Å². The first kappa shape index (κ1) is 7.64. The highest BCUT2D eigenvalue weighted by atomic mass is 35.5. The second-order valence-electron chi connectivity index (χ2n) is 2.09. The average Bonchev–Trinajstić information content (AvgIpc) is 2.56. The maximum atomic E-state index is 5.60. The lowest BCUT2D eigenvalue weighted by Crippen LogP contribution is -1.89. The number of rotatable bonds is 1. The van der Waals surface area contributed by atoms with Gasteiger partial charge in [0.1, 0.15) is 6.33 Å². The lowest BCUT2D eigenvalue weighted by atomic mass is 10.3. The van der Waals surface area contributed by atoms with E-state index < -0.39 is 0 Å². The van der Waals surface area contributed by atoms with Crippen molar-refractivity contribution in [2.75, 3.05) is 0 Å². The highest BCUT2D eigenvalue weighted by molar-refractivity contribution is 7.08. The highest BCUT2D eigenvalue weighted by Crippen LogP contribution is 2.17. The van der Waals surface area contributed by atoms with Gasteiger partial charge in [-0.05, 0) is 23.0 Å². The van der Waals surface area contributed by atoms with E-state index in [0.29, 0.717) is 5.82 Å². The predicted molar refractivity (Wildman–Crippen MR) is 48.2 cm³/mol. The third-order valence-corrected chi connectivity index (χ3v) is 2.19. The Kier molecular flexibility index (Phi) is 2.01. The molecule has 0 aliphatic rings. The molecule has 0 aromatic carbocycles. The summed E-state index contributed by atoms with van der Waals surface area (Å²) in [4.78, 5) is 11.6. The van der Waals surface area contributed by atoms with Crippen LogP contribution in [0.3, 0.4) is 0 Å². The zero-order chi connectivity index (χ0) is 8.39. The molecular formula is C7H4ClN3S. The summed E-state index contributed by atoms with van der Waals surface area (Å²) >= 11 is 7.20. The Balaban J connectivity index is 2.48. The minimum absolute atomic E-state index is 0.228. The van der Waals surface area contributed by atoms with Gasteiger partial charge in [0.2, 0.25) is 5.28 Å². The van der Waals surface area contributed by atoms with Gasteiger partial charge in [-0.25, -0.2) is 9.97 Å². The van der Waals surface area contributed by atoms with E-state index in [2.05, 4.69) is 15.0 Å². The van der Waals surface area contributed by atoms with Crippen LogP contribution in [-0.2, 0) is 0 Å². The second kappa shape index (κ2) is 3.16. The summed E-state index contributed by atoms with van der Waals surface area (Å²) in [6.07, 6.45) is 1.41. The molecule has 12 heavy (non-hydrogen) atoms. The fraction of sp³-hybridized carbons (Fsp3) is 0. The van der Waals surface area contributed by atoms with Crippen LogP contribution in [-0.4, -0.2) is 15.0 Å². The summed E-state index contributed by atoms with van der Waals surface area (Å²) in [5, 5.41) is 4.16. The maximum Gasteiger partial charge on any atom is 0.225 e. The van der Waals surface area contributed by atoms with Gasteiger partial charge in [0.15, 0.2) is 5.82 Å². The summed E-state index contributed by atoms with van der Waals surface area (Å²) in [5.74, 6) is 0.622. The molecule has 0 unspecified atom stereocenters. The molecule has 2 heterocycles. The van der Waals surface area contributed by atoms with Crippen LogP contribution in [0, 0.1) is 0 Å². The highest BCUT2D eigenvalue weighted by Gasteiger charge is 2.01. The van der Waals surface area contributed by atoms with Crippen molar-refractivity contribution in [1.29, 1.82) is 0 Å². The van der Waals surface area contributed by atoms with E-state index in [1.807, 2.05) is 16.8 Å². The molecule has 0 amide bonds. The lowest BCUT2D eigenvalue weighted by molar-refractivity contribution is 1.06. The fourth-order valence-electron chi connectivity index (χ4n) is 0.807. The van der Waals surface area contributed by atoms with E-state index >= 15 is 0 Å². The molecule has 2 aromatic rings. The summed E-state index contributed by atoms with van der Waals surface area (Å²) in [7, 11) is 0. The smallest absolute Gasteiger partial charge is 0.216 e. The average molecular weight is 198 g/mol. The van der Waals surface area contributed by atoms with Crippen molar-refractivity contribution < 1.29 is 0 Å². The summed E-state index contributed by atoms with van der Waals surface area (Å²) in [6.45, 7) is 0. The van der Waals surface area contributed by atoms with E-state index in [9.17, 15) is 0 Å². The van der Waals surface area contributed by atoms with Crippen molar-refractivity contribution >= 4 is 22.9 Å². The van der Waals surface area contributed by atoms with Crippen LogP contribution in [0.1, 0.15) is 0 Å². The van der Waals surface area contributed by atoms with Crippen molar-refractivity contribution in [2.45, 2.75) is 0 Å². The quantitative estimate of drug-likeness (QED) is 0.704. The Bertz CT molecular complexity index is 374. The van der Waals surface area contributed by atoms with Crippen molar-refractivity contribution in [3.05, 3.63) is 28.4 Å². The molecule has 0 aliphatic carbocycles. The van der Waals surface area contributed by atoms with Gasteiger partial charge in [-0.1, -0.05) is 0 Å². The molecule has 60 valence electrons. The van der Waals surface area contributed by atoms with Gasteiger partial charge in [0.25, 0.3) is 0 Å². The van der Waals surface area contributed by atoms with Crippen molar-refractivity contribution in [3.8, 4) is 11.4 Å². The van der Waals surface area contributed by atoms with Crippen LogP contribution >= 0.6 is 22.9 Å². The minimum atomic E-state index is 0.228. The summed E-state index contributed by atoms with van der Waals surface area (Å²) in [6, 6.07) is 1.94. The maximum absolute atomic E-state index is 5.60. The van der Waals surface area contributed by atoms with Crippen LogP contribution in [0.4, 0.5) is 0 Å². The number of nitrogens with zero attached hydrogens (tertiary/aromatic N) is 3. The van der Waals surface area contributed by atoms with Crippen molar-refractivity contribution in [1.82, 2.24) is 15.0 Å². The third-order valence-electron chi connectivity index (χ3n) is 1.32. The minimum Gasteiger partial charge on any atom is -0.216 e. The summed E-state index contributed by atoms with van der Waals surface area (Å²) < 4.78 is 0. The molecular weight excluding hydrogens is 194 g/mol. The molecule has 5 heteroatoms. The van der Waals surface area contributed by atoms with E-state index in [1.165, 1.54) is 6.33 Å². The van der Waals surface area contributed by atoms with Gasteiger partial charge in [0.05, 0.1) is 0 Å². The SMILES string of the molecule is Clc1ncnc(-c2ccsc2)n1. The van der Waals surface area contributed by atoms with Crippen LogP contribution in [0.15, 0.2) is 23.2 Å². The number of aromatic nitrogens is 3. The predicted octanol–water partition coefficient (Wildman–Crippen LogP) is 2.25. The normalized spacial score (nSPS) is 10.1. The number of thiophene rings is 1.